The van der Waals surface area contributed by atoms with Crippen LogP contribution in [0.2, 0.25) is 5.15 Å². The van der Waals surface area contributed by atoms with Gasteiger partial charge in [-0.05, 0) is 17.5 Å². The highest BCUT2D eigenvalue weighted by Crippen LogP contribution is 2.25. The first-order valence-electron chi connectivity index (χ1n) is 6.79. The first kappa shape index (κ1) is 15.5. The van der Waals surface area contributed by atoms with Crippen LogP contribution in [0.15, 0.2) is 24.5 Å². The molecule has 6 heteroatoms. The molecule has 0 saturated carbocycles. The van der Waals surface area contributed by atoms with Crippen LogP contribution in [-0.2, 0) is 18.2 Å². The number of rotatable bonds is 5. The monoisotopic (exact) mass is 307 g/mol. The molecule has 0 aromatic carbocycles. The van der Waals surface area contributed by atoms with Gasteiger partial charge in [-0.1, -0.05) is 31.5 Å². The van der Waals surface area contributed by atoms with Crippen molar-refractivity contribution in [2.45, 2.75) is 26.2 Å². The lowest BCUT2D eigenvalue weighted by atomic mass is 10.1. The summed E-state index contributed by atoms with van der Waals surface area (Å²) in [4.78, 5) is 16.2. The first-order valence-corrected chi connectivity index (χ1v) is 7.17. The fourth-order valence-corrected chi connectivity index (χ4v) is 2.21. The molecule has 0 aliphatic heterocycles. The summed E-state index contributed by atoms with van der Waals surface area (Å²) in [6, 6.07) is 3.80. The van der Waals surface area contributed by atoms with Crippen LogP contribution in [0.4, 0.5) is 0 Å². The molecule has 2 aromatic heterocycles. The minimum atomic E-state index is -0.430. The highest BCUT2D eigenvalue weighted by atomic mass is 35.5. The number of esters is 1. The predicted octanol–water partition coefficient (Wildman–Crippen LogP) is 2.99. The SMILES string of the molecule is CC(C)c1nn(C)c(Cl)c1C(=O)OCCc1cccnc1. The van der Waals surface area contributed by atoms with E-state index < -0.39 is 5.97 Å². The van der Waals surface area contributed by atoms with E-state index >= 15 is 0 Å². The number of nitrogens with zero attached hydrogens (tertiary/aromatic N) is 3. The number of hydrogen-bond donors (Lipinski definition) is 0. The van der Waals surface area contributed by atoms with Gasteiger partial charge in [0.25, 0.3) is 0 Å². The molecule has 2 aromatic rings. The molecule has 21 heavy (non-hydrogen) atoms. The Labute approximate surface area is 128 Å². The Balaban J connectivity index is 2.04. The molecule has 0 aliphatic rings. The van der Waals surface area contributed by atoms with E-state index in [1.54, 1.807) is 19.4 Å². The van der Waals surface area contributed by atoms with Gasteiger partial charge >= 0.3 is 5.97 Å². The molecule has 112 valence electrons. The summed E-state index contributed by atoms with van der Waals surface area (Å²) >= 11 is 6.14. The molecule has 0 spiro atoms. The van der Waals surface area contributed by atoms with Crippen LogP contribution in [-0.4, -0.2) is 27.3 Å². The average molecular weight is 308 g/mol. The first-order chi connectivity index (χ1) is 10.0. The summed E-state index contributed by atoms with van der Waals surface area (Å²) in [6.45, 7) is 4.21. The van der Waals surface area contributed by atoms with Gasteiger partial charge in [0.05, 0.1) is 12.3 Å². The molecule has 0 bridgehead atoms. The van der Waals surface area contributed by atoms with Crippen LogP contribution >= 0.6 is 11.6 Å². The third-order valence-electron chi connectivity index (χ3n) is 3.10. The van der Waals surface area contributed by atoms with Gasteiger partial charge in [-0.3, -0.25) is 9.67 Å². The molecule has 0 fully saturated rings. The topological polar surface area (TPSA) is 57.0 Å². The highest BCUT2D eigenvalue weighted by Gasteiger charge is 2.24. The fraction of sp³-hybridized carbons (Fsp3) is 0.400. The molecule has 0 radical (unpaired) electrons. The maximum atomic E-state index is 12.2. The highest BCUT2D eigenvalue weighted by molar-refractivity contribution is 6.32. The van der Waals surface area contributed by atoms with Gasteiger partial charge in [-0.2, -0.15) is 5.10 Å². The average Bonchev–Trinajstić information content (AvgIpc) is 2.76. The van der Waals surface area contributed by atoms with E-state index in [9.17, 15) is 4.79 Å². The van der Waals surface area contributed by atoms with Gasteiger partial charge in [0, 0.05) is 25.9 Å². The van der Waals surface area contributed by atoms with Crippen LogP contribution in [0.5, 0.6) is 0 Å². The molecule has 0 aliphatic carbocycles. The Hall–Kier alpha value is -1.88. The summed E-state index contributed by atoms with van der Waals surface area (Å²) in [6.07, 6.45) is 4.08. The number of ether oxygens (including phenoxy) is 1. The maximum absolute atomic E-state index is 12.2. The van der Waals surface area contributed by atoms with Gasteiger partial charge in [0.15, 0.2) is 0 Å². The number of hydrogen-bond acceptors (Lipinski definition) is 4. The summed E-state index contributed by atoms with van der Waals surface area (Å²) in [5.74, 6) is -0.328. The van der Waals surface area contributed by atoms with Crippen molar-refractivity contribution in [2.24, 2.45) is 7.05 Å². The Morgan fingerprint density at radius 1 is 1.48 bits per heavy atom. The Bertz CT molecular complexity index is 623. The molecule has 0 saturated heterocycles. The summed E-state index contributed by atoms with van der Waals surface area (Å²) < 4.78 is 6.81. The molecule has 2 heterocycles. The summed E-state index contributed by atoms with van der Waals surface area (Å²) in [5, 5.41) is 4.58. The summed E-state index contributed by atoms with van der Waals surface area (Å²) in [5.41, 5.74) is 2.04. The van der Waals surface area contributed by atoms with E-state index in [0.717, 1.165) is 5.56 Å². The third-order valence-corrected chi connectivity index (χ3v) is 3.54. The van der Waals surface area contributed by atoms with Crippen molar-refractivity contribution in [2.75, 3.05) is 6.61 Å². The quantitative estimate of drug-likeness (QED) is 0.797. The minimum absolute atomic E-state index is 0.101. The van der Waals surface area contributed by atoms with E-state index in [1.165, 1.54) is 4.68 Å². The lowest BCUT2D eigenvalue weighted by molar-refractivity contribution is 0.0507. The van der Waals surface area contributed by atoms with E-state index in [4.69, 9.17) is 16.3 Å². The van der Waals surface area contributed by atoms with Crippen LogP contribution in [0.3, 0.4) is 0 Å². The van der Waals surface area contributed by atoms with E-state index in [2.05, 4.69) is 10.1 Å². The van der Waals surface area contributed by atoms with Gasteiger partial charge < -0.3 is 4.74 Å². The number of aryl methyl sites for hydroxylation is 1. The Kier molecular flexibility index (Phi) is 4.96. The minimum Gasteiger partial charge on any atom is -0.462 e. The van der Waals surface area contributed by atoms with Crippen molar-refractivity contribution in [3.63, 3.8) is 0 Å². The molecule has 2 rings (SSSR count). The predicted molar refractivity (Wildman–Crippen MR) is 80.5 cm³/mol. The van der Waals surface area contributed by atoms with Gasteiger partial charge in [0.2, 0.25) is 0 Å². The third kappa shape index (κ3) is 3.61. The van der Waals surface area contributed by atoms with Crippen molar-refractivity contribution in [3.05, 3.63) is 46.5 Å². The second-order valence-electron chi connectivity index (χ2n) is 5.08. The fourth-order valence-electron chi connectivity index (χ4n) is 2.00. The zero-order valence-corrected chi connectivity index (χ0v) is 13.1. The van der Waals surface area contributed by atoms with Gasteiger partial charge in [0.1, 0.15) is 10.7 Å². The molecule has 5 nitrogen and oxygen atoms in total. The second-order valence-corrected chi connectivity index (χ2v) is 5.43. The largest absolute Gasteiger partial charge is 0.462 e. The van der Waals surface area contributed by atoms with Crippen LogP contribution in [0.1, 0.15) is 41.4 Å². The molecule has 0 unspecified atom stereocenters. The lowest BCUT2D eigenvalue weighted by Gasteiger charge is -2.07. The summed E-state index contributed by atoms with van der Waals surface area (Å²) in [7, 11) is 1.71. The van der Waals surface area contributed by atoms with Gasteiger partial charge in [-0.25, -0.2) is 4.79 Å². The number of aromatic nitrogens is 3. The Morgan fingerprint density at radius 3 is 2.86 bits per heavy atom. The number of halogens is 1. The van der Waals surface area contributed by atoms with Gasteiger partial charge in [-0.15, -0.1) is 0 Å². The zero-order valence-electron chi connectivity index (χ0n) is 12.3. The maximum Gasteiger partial charge on any atom is 0.343 e. The Morgan fingerprint density at radius 2 is 2.24 bits per heavy atom. The number of pyridine rings is 1. The van der Waals surface area contributed by atoms with Crippen molar-refractivity contribution in [1.82, 2.24) is 14.8 Å². The van der Waals surface area contributed by atoms with E-state index in [-0.39, 0.29) is 12.5 Å². The number of carbonyl (C=O) groups excluding carboxylic acids is 1. The van der Waals surface area contributed by atoms with Crippen molar-refractivity contribution < 1.29 is 9.53 Å². The van der Waals surface area contributed by atoms with E-state index in [1.807, 2.05) is 26.0 Å². The van der Waals surface area contributed by atoms with Crippen LogP contribution < -0.4 is 0 Å². The normalized spacial score (nSPS) is 10.9. The molecular formula is C15H18ClN3O2. The van der Waals surface area contributed by atoms with Crippen molar-refractivity contribution in [3.8, 4) is 0 Å². The molecule has 0 atom stereocenters. The van der Waals surface area contributed by atoms with Crippen molar-refractivity contribution >= 4 is 17.6 Å². The van der Waals surface area contributed by atoms with E-state index in [0.29, 0.717) is 22.8 Å². The molecular weight excluding hydrogens is 290 g/mol. The van der Waals surface area contributed by atoms with Crippen molar-refractivity contribution in [1.29, 1.82) is 0 Å². The molecule has 0 N–H and O–H groups in total. The standard InChI is InChI=1S/C15H18ClN3O2/c1-10(2)13-12(14(16)19(3)18-13)15(20)21-8-6-11-5-4-7-17-9-11/h4-5,7,9-10H,6,8H2,1-3H3. The molecule has 0 amide bonds. The lowest BCUT2D eigenvalue weighted by Crippen LogP contribution is -2.11. The smallest absolute Gasteiger partial charge is 0.343 e. The zero-order chi connectivity index (χ0) is 15.4. The van der Waals surface area contributed by atoms with Crippen LogP contribution in [0, 0.1) is 0 Å². The van der Waals surface area contributed by atoms with Crippen LogP contribution in [0.25, 0.3) is 0 Å². The second kappa shape index (κ2) is 6.72. The number of carbonyl (C=O) groups is 1.